The average Bonchev–Trinajstić information content (AvgIpc) is 2.80. The van der Waals surface area contributed by atoms with Crippen LogP contribution in [0.4, 0.5) is 23.3 Å². The van der Waals surface area contributed by atoms with Gasteiger partial charge in [0, 0.05) is 24.8 Å². The fourth-order valence-corrected chi connectivity index (χ4v) is 3.78. The zero-order valence-electron chi connectivity index (χ0n) is 19.0. The fourth-order valence-electron chi connectivity index (χ4n) is 3.78. The van der Waals surface area contributed by atoms with Crippen LogP contribution in [0.3, 0.4) is 0 Å². The summed E-state index contributed by atoms with van der Waals surface area (Å²) >= 11 is 0. The van der Waals surface area contributed by atoms with Crippen LogP contribution >= 0.6 is 0 Å². The van der Waals surface area contributed by atoms with Crippen molar-refractivity contribution in [1.29, 1.82) is 0 Å². The van der Waals surface area contributed by atoms with Crippen molar-refractivity contribution in [3.63, 3.8) is 0 Å². The highest BCUT2D eigenvalue weighted by Gasteiger charge is 2.24. The number of nitrogens with one attached hydrogen (secondary N) is 2. The molecule has 0 aliphatic carbocycles. The molecule has 9 heteroatoms. The fraction of sp³-hybridized carbons (Fsp3) is 0.333. The lowest BCUT2D eigenvalue weighted by atomic mass is 10.1. The summed E-state index contributed by atoms with van der Waals surface area (Å²) in [4.78, 5) is 26.6. The number of piperidine rings is 1. The number of rotatable bonds is 7. The minimum Gasteiger partial charge on any atom is -0.493 e. The number of amides is 1. The summed E-state index contributed by atoms with van der Waals surface area (Å²) in [5, 5.41) is 5.95. The molecule has 2 N–H and O–H groups in total. The third-order valence-corrected chi connectivity index (χ3v) is 5.27. The van der Waals surface area contributed by atoms with E-state index in [1.54, 1.807) is 7.11 Å². The number of anilines is 4. The molecule has 1 saturated heterocycles. The number of aryl methyl sites for hydroxylation is 1. The first-order chi connectivity index (χ1) is 16.0. The highest BCUT2D eigenvalue weighted by atomic mass is 16.5. The summed E-state index contributed by atoms with van der Waals surface area (Å²) < 4.78 is 11.7. The molecule has 2 heterocycles. The number of ether oxygens (including phenoxy) is 2. The zero-order chi connectivity index (χ0) is 23.2. The lowest BCUT2D eigenvalue weighted by Crippen LogP contribution is -2.42. The largest absolute Gasteiger partial charge is 0.493 e. The van der Waals surface area contributed by atoms with Gasteiger partial charge in [0.05, 0.1) is 13.7 Å². The van der Waals surface area contributed by atoms with Gasteiger partial charge < -0.3 is 25.0 Å². The van der Waals surface area contributed by atoms with E-state index in [1.165, 1.54) is 13.3 Å². The Morgan fingerprint density at radius 2 is 1.97 bits per heavy atom. The van der Waals surface area contributed by atoms with Crippen LogP contribution in [0.1, 0.15) is 25.3 Å². The minimum atomic E-state index is -0.125. The Balaban J connectivity index is 1.44. The second-order valence-corrected chi connectivity index (χ2v) is 7.98. The van der Waals surface area contributed by atoms with Crippen molar-refractivity contribution in [3.8, 4) is 11.5 Å². The minimum absolute atomic E-state index is 0.00197. The van der Waals surface area contributed by atoms with Crippen LogP contribution in [-0.2, 0) is 4.79 Å². The Hall–Kier alpha value is -3.88. The maximum atomic E-state index is 11.3. The molecule has 3 aromatic rings. The molecule has 1 atom stereocenters. The molecule has 0 saturated carbocycles. The molecule has 1 amide bonds. The van der Waals surface area contributed by atoms with Crippen molar-refractivity contribution >= 4 is 29.2 Å². The highest BCUT2D eigenvalue weighted by Crippen LogP contribution is 2.30. The van der Waals surface area contributed by atoms with Crippen molar-refractivity contribution in [2.75, 3.05) is 35.7 Å². The van der Waals surface area contributed by atoms with Gasteiger partial charge in [-0.3, -0.25) is 4.79 Å². The molecule has 1 fully saturated rings. The van der Waals surface area contributed by atoms with Gasteiger partial charge in [-0.25, -0.2) is 9.97 Å². The van der Waals surface area contributed by atoms with E-state index in [2.05, 4.69) is 30.5 Å². The zero-order valence-corrected chi connectivity index (χ0v) is 19.0. The molecule has 0 radical (unpaired) electrons. The van der Waals surface area contributed by atoms with E-state index >= 15 is 0 Å². The summed E-state index contributed by atoms with van der Waals surface area (Å²) in [6.07, 6.45) is 3.40. The van der Waals surface area contributed by atoms with Crippen molar-refractivity contribution < 1.29 is 14.3 Å². The molecule has 0 bridgehead atoms. The Kier molecular flexibility index (Phi) is 6.87. The van der Waals surface area contributed by atoms with Gasteiger partial charge in [-0.1, -0.05) is 12.1 Å². The molecular weight excluding hydrogens is 420 g/mol. The quantitative estimate of drug-likeness (QED) is 0.561. The molecule has 2 aromatic carbocycles. The van der Waals surface area contributed by atoms with Gasteiger partial charge in [-0.2, -0.15) is 4.98 Å². The molecule has 4 rings (SSSR count). The average molecular weight is 449 g/mol. The molecule has 9 nitrogen and oxygen atoms in total. The van der Waals surface area contributed by atoms with Crippen molar-refractivity contribution in [2.45, 2.75) is 32.8 Å². The third-order valence-electron chi connectivity index (χ3n) is 5.27. The normalized spacial score (nSPS) is 15.6. The summed E-state index contributed by atoms with van der Waals surface area (Å²) in [6, 6.07) is 13.3. The van der Waals surface area contributed by atoms with E-state index in [0.717, 1.165) is 42.1 Å². The predicted octanol–water partition coefficient (Wildman–Crippen LogP) is 3.94. The lowest BCUT2D eigenvalue weighted by molar-refractivity contribution is -0.114. The highest BCUT2D eigenvalue weighted by molar-refractivity contribution is 5.89. The van der Waals surface area contributed by atoms with Gasteiger partial charge in [0.15, 0.2) is 11.5 Å². The van der Waals surface area contributed by atoms with E-state index in [0.29, 0.717) is 24.1 Å². The predicted molar refractivity (Wildman–Crippen MR) is 127 cm³/mol. The smallest absolute Gasteiger partial charge is 0.231 e. The van der Waals surface area contributed by atoms with Gasteiger partial charge in [0.1, 0.15) is 12.4 Å². The van der Waals surface area contributed by atoms with Crippen LogP contribution in [0.2, 0.25) is 0 Å². The molecule has 1 aromatic heterocycles. The number of methoxy groups -OCH3 is 1. The van der Waals surface area contributed by atoms with Crippen molar-refractivity contribution in [3.05, 3.63) is 54.4 Å². The first kappa shape index (κ1) is 22.3. The number of nitrogens with zero attached hydrogens (tertiary/aromatic N) is 4. The maximum absolute atomic E-state index is 11.3. The summed E-state index contributed by atoms with van der Waals surface area (Å²) in [5.74, 6) is 2.38. The number of benzene rings is 2. The van der Waals surface area contributed by atoms with Gasteiger partial charge in [-0.15, -0.1) is 0 Å². The summed E-state index contributed by atoms with van der Waals surface area (Å²) in [5.41, 5.74) is 2.59. The maximum Gasteiger partial charge on any atom is 0.231 e. The Bertz CT molecular complexity index is 1120. The molecule has 0 unspecified atom stereocenters. The van der Waals surface area contributed by atoms with Crippen LogP contribution in [0.25, 0.3) is 0 Å². The van der Waals surface area contributed by atoms with Gasteiger partial charge in [-0.05, 0) is 55.7 Å². The van der Waals surface area contributed by atoms with E-state index < -0.39 is 0 Å². The lowest BCUT2D eigenvalue weighted by Gasteiger charge is -2.33. The number of hydrogen-bond donors (Lipinski definition) is 2. The topological polar surface area (TPSA) is 102 Å². The molecule has 1 aliphatic rings. The summed E-state index contributed by atoms with van der Waals surface area (Å²) in [7, 11) is 1.65. The number of hydrogen-bond acceptors (Lipinski definition) is 8. The Morgan fingerprint density at radius 3 is 2.79 bits per heavy atom. The van der Waals surface area contributed by atoms with E-state index in [-0.39, 0.29) is 12.0 Å². The van der Waals surface area contributed by atoms with Crippen molar-refractivity contribution in [2.24, 2.45) is 0 Å². The van der Waals surface area contributed by atoms with Crippen LogP contribution in [0.15, 0.2) is 48.8 Å². The summed E-state index contributed by atoms with van der Waals surface area (Å²) in [6.45, 7) is 5.00. The molecule has 172 valence electrons. The Morgan fingerprint density at radius 1 is 1.12 bits per heavy atom. The third kappa shape index (κ3) is 5.88. The molecule has 1 aliphatic heterocycles. The van der Waals surface area contributed by atoms with Gasteiger partial charge >= 0.3 is 0 Å². The Labute approximate surface area is 193 Å². The standard InChI is InChI=1S/C24H28N6O3/c1-16-9-10-21(22(12-16)32-3)33-20-8-5-11-30(14-20)24-26-15-25-23(29-24)28-19-7-4-6-18(13-19)27-17(2)31/h4,6-7,9-10,12-13,15,20H,5,8,11,14H2,1-3H3,(H,27,31)(H,25,26,28,29)/t20-/m1/s1. The SMILES string of the molecule is COc1cc(C)ccc1O[C@@H]1CCCN(c2ncnc(Nc3cccc(NC(C)=O)c3)n2)C1. The van der Waals surface area contributed by atoms with Crippen molar-refractivity contribution in [1.82, 2.24) is 15.0 Å². The van der Waals surface area contributed by atoms with E-state index in [1.807, 2.05) is 49.4 Å². The van der Waals surface area contributed by atoms with E-state index in [9.17, 15) is 4.79 Å². The van der Waals surface area contributed by atoms with Crippen LogP contribution in [0, 0.1) is 6.92 Å². The van der Waals surface area contributed by atoms with Crippen LogP contribution in [-0.4, -0.2) is 47.2 Å². The second-order valence-electron chi connectivity index (χ2n) is 7.98. The van der Waals surface area contributed by atoms with E-state index in [4.69, 9.17) is 9.47 Å². The molecular formula is C24H28N6O3. The second kappa shape index (κ2) is 10.2. The molecule has 33 heavy (non-hydrogen) atoms. The van der Waals surface area contributed by atoms with Gasteiger partial charge in [0.25, 0.3) is 0 Å². The van der Waals surface area contributed by atoms with Crippen LogP contribution < -0.4 is 25.0 Å². The number of aromatic nitrogens is 3. The number of carbonyl (C=O) groups excluding carboxylic acids is 1. The first-order valence-electron chi connectivity index (χ1n) is 10.9. The monoisotopic (exact) mass is 448 g/mol. The first-order valence-corrected chi connectivity index (χ1v) is 10.9. The van der Waals surface area contributed by atoms with Crippen LogP contribution in [0.5, 0.6) is 11.5 Å². The van der Waals surface area contributed by atoms with Gasteiger partial charge in [0.2, 0.25) is 17.8 Å². The number of carbonyl (C=O) groups is 1. The molecule has 0 spiro atoms.